The lowest BCUT2D eigenvalue weighted by Gasteiger charge is -2.18. The predicted molar refractivity (Wildman–Crippen MR) is 98.7 cm³/mol. The molecule has 7 nitrogen and oxygen atoms in total. The van der Waals surface area contributed by atoms with E-state index in [0.717, 1.165) is 34.4 Å². The Labute approximate surface area is 162 Å². The van der Waals surface area contributed by atoms with Crippen molar-refractivity contribution in [3.8, 4) is 5.75 Å². The van der Waals surface area contributed by atoms with Crippen molar-refractivity contribution in [2.75, 3.05) is 4.90 Å². The first kappa shape index (κ1) is 19.4. The number of anilines is 2. The smallest absolute Gasteiger partial charge is 0.311 e. The van der Waals surface area contributed by atoms with E-state index in [1.165, 1.54) is 25.1 Å². The summed E-state index contributed by atoms with van der Waals surface area (Å²) in [5, 5.41) is 12.8. The lowest BCUT2D eigenvalue weighted by atomic mass is 10.3. The summed E-state index contributed by atoms with van der Waals surface area (Å²) in [4.78, 5) is 27.7. The van der Waals surface area contributed by atoms with Crippen molar-refractivity contribution in [3.63, 3.8) is 0 Å². The third-order valence-electron chi connectivity index (χ3n) is 3.63. The fraction of sp³-hybridized carbons (Fsp3) is 0.111. The number of amides is 1. The van der Waals surface area contributed by atoms with E-state index in [4.69, 9.17) is 4.74 Å². The molecule has 1 heterocycles. The molecular weight excluding hydrogens is 392 g/mol. The van der Waals surface area contributed by atoms with Gasteiger partial charge in [0.2, 0.25) is 5.91 Å². The number of nitro benzene ring substituents is 1. The molecule has 0 aliphatic heterocycles. The zero-order valence-electron chi connectivity index (χ0n) is 14.5. The summed E-state index contributed by atoms with van der Waals surface area (Å²) in [7, 11) is 0. The highest BCUT2D eigenvalue weighted by molar-refractivity contribution is 7.14. The van der Waals surface area contributed by atoms with Gasteiger partial charge in [0.25, 0.3) is 0 Å². The van der Waals surface area contributed by atoms with Crippen molar-refractivity contribution >= 4 is 33.8 Å². The Bertz CT molecular complexity index is 1040. The molecule has 3 aromatic rings. The monoisotopic (exact) mass is 405 g/mol. The van der Waals surface area contributed by atoms with Crippen molar-refractivity contribution in [2.45, 2.75) is 13.5 Å². The Balaban J connectivity index is 1.83. The Morgan fingerprint density at radius 2 is 2.04 bits per heavy atom. The number of carbonyl (C=O) groups is 1. The highest BCUT2D eigenvalue weighted by Crippen LogP contribution is 2.32. The number of carbonyl (C=O) groups excluding carboxylic acids is 1. The first-order chi connectivity index (χ1) is 13.4. The van der Waals surface area contributed by atoms with Crippen LogP contribution in [0.5, 0.6) is 5.75 Å². The summed E-state index contributed by atoms with van der Waals surface area (Å²) < 4.78 is 32.8. The molecular formula is C18H13F2N3O4S. The fourth-order valence-corrected chi connectivity index (χ4v) is 3.28. The lowest BCUT2D eigenvalue weighted by Crippen LogP contribution is -2.23. The van der Waals surface area contributed by atoms with Gasteiger partial charge in [0, 0.05) is 24.4 Å². The zero-order chi connectivity index (χ0) is 20.3. The molecule has 0 radical (unpaired) electrons. The summed E-state index contributed by atoms with van der Waals surface area (Å²) in [6.07, 6.45) is 0. The van der Waals surface area contributed by atoms with Crippen molar-refractivity contribution < 1.29 is 23.2 Å². The van der Waals surface area contributed by atoms with Gasteiger partial charge in [-0.25, -0.2) is 13.8 Å². The van der Waals surface area contributed by atoms with Gasteiger partial charge in [-0.1, -0.05) is 12.1 Å². The molecule has 0 unspecified atom stereocenters. The molecule has 0 saturated carbocycles. The number of rotatable bonds is 6. The first-order valence-corrected chi connectivity index (χ1v) is 8.81. The number of hydrogen-bond acceptors (Lipinski definition) is 6. The minimum Gasteiger partial charge on any atom is -0.480 e. The van der Waals surface area contributed by atoms with E-state index in [1.54, 1.807) is 11.4 Å². The number of para-hydroxylation sites is 1. The molecule has 28 heavy (non-hydrogen) atoms. The predicted octanol–water partition coefficient (Wildman–Crippen LogP) is 4.59. The minimum atomic E-state index is -0.684. The number of ether oxygens (including phenoxy) is 1. The maximum atomic E-state index is 14.1. The Morgan fingerprint density at radius 1 is 1.29 bits per heavy atom. The van der Waals surface area contributed by atoms with E-state index in [2.05, 4.69) is 4.98 Å². The van der Waals surface area contributed by atoms with Gasteiger partial charge in [-0.2, -0.15) is 0 Å². The van der Waals surface area contributed by atoms with Gasteiger partial charge < -0.3 is 4.74 Å². The zero-order valence-corrected chi connectivity index (χ0v) is 15.3. The quantitative estimate of drug-likeness (QED) is 0.442. The molecule has 144 valence electrons. The van der Waals surface area contributed by atoms with Gasteiger partial charge in [-0.05, 0) is 18.2 Å². The highest BCUT2D eigenvalue weighted by atomic mass is 32.1. The van der Waals surface area contributed by atoms with E-state index >= 15 is 0 Å². The van der Waals surface area contributed by atoms with Gasteiger partial charge in [0.05, 0.1) is 16.3 Å². The summed E-state index contributed by atoms with van der Waals surface area (Å²) in [5.74, 6) is -1.94. The highest BCUT2D eigenvalue weighted by Gasteiger charge is 2.21. The molecule has 0 fully saturated rings. The molecule has 10 heteroatoms. The second-order valence-corrected chi connectivity index (χ2v) is 6.42. The topological polar surface area (TPSA) is 85.6 Å². The van der Waals surface area contributed by atoms with E-state index in [-0.39, 0.29) is 28.9 Å². The number of benzene rings is 2. The molecule has 0 aliphatic carbocycles. The SMILES string of the molecule is CC(=O)N(c1nc(COc2cc(F)ccc2[N+](=O)[O-])cs1)c1ccccc1F. The summed E-state index contributed by atoms with van der Waals surface area (Å²) in [5.41, 5.74) is 0.0207. The summed E-state index contributed by atoms with van der Waals surface area (Å²) >= 11 is 1.08. The molecule has 0 bridgehead atoms. The van der Waals surface area contributed by atoms with E-state index in [9.17, 15) is 23.7 Å². The summed E-state index contributed by atoms with van der Waals surface area (Å²) in [6.45, 7) is 1.09. The standard InChI is InChI=1S/C18H13F2N3O4S/c1-11(24)22(15-5-3-2-4-14(15)20)18-21-13(10-28-18)9-27-17-8-12(19)6-7-16(17)23(25)26/h2-8,10H,9H2,1H3. The third kappa shape index (κ3) is 4.12. The van der Waals surface area contributed by atoms with Gasteiger partial charge in [-0.15, -0.1) is 11.3 Å². The number of aromatic nitrogens is 1. The number of nitro groups is 1. The van der Waals surface area contributed by atoms with Crippen molar-refractivity contribution in [1.29, 1.82) is 0 Å². The molecule has 3 rings (SSSR count). The van der Waals surface area contributed by atoms with Crippen LogP contribution in [0.3, 0.4) is 0 Å². The summed E-state index contributed by atoms with van der Waals surface area (Å²) in [6, 6.07) is 8.65. The van der Waals surface area contributed by atoms with Crippen LogP contribution < -0.4 is 9.64 Å². The second kappa shape index (κ2) is 8.09. The number of halogens is 2. The van der Waals surface area contributed by atoms with E-state index < -0.39 is 22.5 Å². The van der Waals surface area contributed by atoms with Gasteiger partial charge in [-0.3, -0.25) is 19.8 Å². The molecule has 1 amide bonds. The normalized spacial score (nSPS) is 10.5. The Morgan fingerprint density at radius 3 is 2.71 bits per heavy atom. The maximum absolute atomic E-state index is 14.1. The minimum absolute atomic E-state index is 0.0533. The number of thiazole rings is 1. The average Bonchev–Trinajstić information content (AvgIpc) is 3.10. The van der Waals surface area contributed by atoms with Crippen LogP contribution in [0.2, 0.25) is 0 Å². The van der Waals surface area contributed by atoms with Crippen molar-refractivity contribution in [1.82, 2.24) is 4.98 Å². The van der Waals surface area contributed by atoms with Crippen LogP contribution in [0.1, 0.15) is 12.6 Å². The van der Waals surface area contributed by atoms with Crippen LogP contribution in [-0.4, -0.2) is 15.8 Å². The number of nitrogens with zero attached hydrogens (tertiary/aromatic N) is 3. The average molecular weight is 405 g/mol. The second-order valence-electron chi connectivity index (χ2n) is 5.59. The maximum Gasteiger partial charge on any atom is 0.311 e. The Kier molecular flexibility index (Phi) is 5.59. The van der Waals surface area contributed by atoms with Crippen LogP contribution in [0.4, 0.5) is 25.3 Å². The fourth-order valence-electron chi connectivity index (χ4n) is 2.41. The largest absolute Gasteiger partial charge is 0.480 e. The van der Waals surface area contributed by atoms with Crippen molar-refractivity contribution in [2.24, 2.45) is 0 Å². The van der Waals surface area contributed by atoms with Crippen LogP contribution in [0, 0.1) is 21.7 Å². The van der Waals surface area contributed by atoms with Gasteiger partial charge in [0.1, 0.15) is 18.2 Å². The molecule has 2 aromatic carbocycles. The molecule has 1 aromatic heterocycles. The number of hydrogen-bond donors (Lipinski definition) is 0. The third-order valence-corrected chi connectivity index (χ3v) is 4.51. The molecule has 0 atom stereocenters. The molecule has 0 saturated heterocycles. The van der Waals surface area contributed by atoms with Crippen LogP contribution in [-0.2, 0) is 11.4 Å². The van der Waals surface area contributed by atoms with E-state index in [1.807, 2.05) is 0 Å². The molecule has 0 spiro atoms. The van der Waals surface area contributed by atoms with Gasteiger partial charge in [0.15, 0.2) is 10.9 Å². The van der Waals surface area contributed by atoms with E-state index in [0.29, 0.717) is 5.69 Å². The van der Waals surface area contributed by atoms with Gasteiger partial charge >= 0.3 is 5.69 Å². The van der Waals surface area contributed by atoms with Crippen LogP contribution >= 0.6 is 11.3 Å². The van der Waals surface area contributed by atoms with Crippen LogP contribution in [0.25, 0.3) is 0 Å². The molecule has 0 aliphatic rings. The van der Waals surface area contributed by atoms with Crippen molar-refractivity contribution in [3.05, 3.63) is 75.3 Å². The Hall–Kier alpha value is -3.40. The molecule has 0 N–H and O–H groups in total. The lowest BCUT2D eigenvalue weighted by molar-refractivity contribution is -0.386. The van der Waals surface area contributed by atoms with Crippen LogP contribution in [0.15, 0.2) is 47.8 Å². The first-order valence-electron chi connectivity index (χ1n) is 7.93.